The number of likely N-dealkylation sites (tertiary alicyclic amines) is 1. The van der Waals surface area contributed by atoms with Gasteiger partial charge in [-0.15, -0.1) is 0 Å². The van der Waals surface area contributed by atoms with Gasteiger partial charge in [0.2, 0.25) is 5.91 Å². The molecule has 2 aliphatic heterocycles. The molecule has 0 aliphatic carbocycles. The Kier molecular flexibility index (Phi) is 3.75. The van der Waals surface area contributed by atoms with Crippen molar-refractivity contribution < 1.29 is 14.7 Å². The first-order valence-electron chi connectivity index (χ1n) is 6.45. The van der Waals surface area contributed by atoms with Crippen LogP contribution in [0, 0.1) is 11.3 Å². The minimum absolute atomic E-state index is 0.00884. The van der Waals surface area contributed by atoms with Gasteiger partial charge in [0.05, 0.1) is 0 Å². The molecule has 102 valence electrons. The lowest BCUT2D eigenvalue weighted by Gasteiger charge is -2.37. The lowest BCUT2D eigenvalue weighted by Crippen LogP contribution is -2.53. The minimum Gasteiger partial charge on any atom is -0.409 e. The fourth-order valence-electron chi connectivity index (χ4n) is 2.82. The predicted octanol–water partition coefficient (Wildman–Crippen LogP) is 0.398. The standard InChI is InChI=1S/C12H21N3O3/c1-9-2-5-15(8-9)11(16)12(10(13)14-17)3-6-18-7-4-12/h9,17H,2-8H2,1H3,(H2,13,14). The van der Waals surface area contributed by atoms with Crippen LogP contribution in [0.3, 0.4) is 0 Å². The molecule has 0 saturated carbocycles. The fourth-order valence-corrected chi connectivity index (χ4v) is 2.82. The van der Waals surface area contributed by atoms with Crippen molar-refractivity contribution in [3.05, 3.63) is 0 Å². The number of amidine groups is 1. The lowest BCUT2D eigenvalue weighted by atomic mass is 9.77. The van der Waals surface area contributed by atoms with Crippen molar-refractivity contribution >= 4 is 11.7 Å². The number of ether oxygens (including phenoxy) is 1. The minimum atomic E-state index is -0.864. The second-order valence-electron chi connectivity index (χ2n) is 5.32. The van der Waals surface area contributed by atoms with Crippen LogP contribution < -0.4 is 5.73 Å². The Morgan fingerprint density at radius 2 is 2.17 bits per heavy atom. The molecule has 2 aliphatic rings. The van der Waals surface area contributed by atoms with E-state index in [9.17, 15) is 4.79 Å². The van der Waals surface area contributed by atoms with E-state index in [1.165, 1.54) is 0 Å². The van der Waals surface area contributed by atoms with E-state index in [-0.39, 0.29) is 11.7 Å². The second-order valence-corrected chi connectivity index (χ2v) is 5.32. The number of oxime groups is 1. The Labute approximate surface area is 107 Å². The molecule has 2 fully saturated rings. The molecule has 0 bridgehead atoms. The topological polar surface area (TPSA) is 88.2 Å². The van der Waals surface area contributed by atoms with Gasteiger partial charge in [0, 0.05) is 26.3 Å². The summed E-state index contributed by atoms with van der Waals surface area (Å²) in [6, 6.07) is 0. The van der Waals surface area contributed by atoms with Crippen LogP contribution >= 0.6 is 0 Å². The number of hydrogen-bond donors (Lipinski definition) is 2. The molecule has 1 amide bonds. The Morgan fingerprint density at radius 3 is 2.67 bits per heavy atom. The summed E-state index contributed by atoms with van der Waals surface area (Å²) >= 11 is 0. The van der Waals surface area contributed by atoms with Gasteiger partial charge in [0.15, 0.2) is 5.84 Å². The Bertz CT molecular complexity index is 350. The summed E-state index contributed by atoms with van der Waals surface area (Å²) in [4.78, 5) is 14.5. The largest absolute Gasteiger partial charge is 0.409 e. The van der Waals surface area contributed by atoms with Crippen LogP contribution in [0.2, 0.25) is 0 Å². The number of nitrogens with two attached hydrogens (primary N) is 1. The Balaban J connectivity index is 2.21. The van der Waals surface area contributed by atoms with Gasteiger partial charge in [-0.3, -0.25) is 4.79 Å². The number of nitrogens with zero attached hydrogens (tertiary/aromatic N) is 2. The van der Waals surface area contributed by atoms with Gasteiger partial charge in [-0.05, 0) is 25.2 Å². The third kappa shape index (κ3) is 2.16. The average molecular weight is 255 g/mol. The van der Waals surface area contributed by atoms with E-state index in [2.05, 4.69) is 12.1 Å². The first-order chi connectivity index (χ1) is 8.60. The molecule has 6 heteroatoms. The van der Waals surface area contributed by atoms with E-state index in [4.69, 9.17) is 15.7 Å². The van der Waals surface area contributed by atoms with Crippen LogP contribution in [-0.4, -0.2) is 48.2 Å². The first kappa shape index (κ1) is 13.1. The molecule has 6 nitrogen and oxygen atoms in total. The second kappa shape index (κ2) is 5.14. The average Bonchev–Trinajstić information content (AvgIpc) is 2.84. The van der Waals surface area contributed by atoms with Gasteiger partial charge >= 0.3 is 0 Å². The number of amides is 1. The third-order valence-electron chi connectivity index (χ3n) is 4.06. The van der Waals surface area contributed by atoms with Crippen LogP contribution in [0.25, 0.3) is 0 Å². The van der Waals surface area contributed by atoms with Gasteiger partial charge in [-0.1, -0.05) is 12.1 Å². The zero-order chi connectivity index (χ0) is 13.2. The van der Waals surface area contributed by atoms with Crippen LogP contribution in [0.4, 0.5) is 0 Å². The van der Waals surface area contributed by atoms with Crippen molar-refractivity contribution in [2.45, 2.75) is 26.2 Å². The zero-order valence-electron chi connectivity index (χ0n) is 10.8. The normalized spacial score (nSPS) is 28.4. The van der Waals surface area contributed by atoms with Crippen LogP contribution in [0.1, 0.15) is 26.2 Å². The number of carbonyl (C=O) groups excluding carboxylic acids is 1. The maximum atomic E-state index is 12.7. The van der Waals surface area contributed by atoms with Crippen LogP contribution in [-0.2, 0) is 9.53 Å². The highest BCUT2D eigenvalue weighted by molar-refractivity contribution is 6.06. The van der Waals surface area contributed by atoms with Gasteiger partial charge < -0.3 is 20.6 Å². The molecule has 2 saturated heterocycles. The molecule has 1 atom stereocenters. The third-order valence-corrected chi connectivity index (χ3v) is 4.06. The van der Waals surface area contributed by atoms with E-state index >= 15 is 0 Å². The SMILES string of the molecule is CC1CCN(C(=O)C2(C(N)=NO)CCOCC2)C1. The fraction of sp³-hybridized carbons (Fsp3) is 0.833. The van der Waals surface area contributed by atoms with Gasteiger partial charge in [-0.2, -0.15) is 0 Å². The molecule has 2 heterocycles. The van der Waals surface area contributed by atoms with Crippen LogP contribution in [0.5, 0.6) is 0 Å². The highest BCUT2D eigenvalue weighted by Crippen LogP contribution is 2.34. The number of rotatable bonds is 2. The predicted molar refractivity (Wildman–Crippen MR) is 66.3 cm³/mol. The molecule has 0 aromatic carbocycles. The molecular formula is C12H21N3O3. The van der Waals surface area contributed by atoms with E-state index in [1.807, 2.05) is 4.90 Å². The number of hydrogen-bond acceptors (Lipinski definition) is 4. The van der Waals surface area contributed by atoms with E-state index in [0.29, 0.717) is 32.0 Å². The summed E-state index contributed by atoms with van der Waals surface area (Å²) in [5, 5.41) is 12.0. The molecular weight excluding hydrogens is 234 g/mol. The lowest BCUT2D eigenvalue weighted by molar-refractivity contribution is -0.141. The molecule has 0 radical (unpaired) electrons. The summed E-state index contributed by atoms with van der Waals surface area (Å²) in [5.41, 5.74) is 4.92. The summed E-state index contributed by atoms with van der Waals surface area (Å²) in [6.07, 6.45) is 2.01. The first-order valence-corrected chi connectivity index (χ1v) is 6.45. The summed E-state index contributed by atoms with van der Waals surface area (Å²) in [5.74, 6) is 0.541. The van der Waals surface area contributed by atoms with Gasteiger partial charge in [-0.25, -0.2) is 0 Å². The number of carbonyl (C=O) groups is 1. The Hall–Kier alpha value is -1.30. The molecule has 3 N–H and O–H groups in total. The highest BCUT2D eigenvalue weighted by atomic mass is 16.5. The monoisotopic (exact) mass is 255 g/mol. The van der Waals surface area contributed by atoms with Crippen molar-refractivity contribution in [3.8, 4) is 0 Å². The Morgan fingerprint density at radius 1 is 1.50 bits per heavy atom. The van der Waals surface area contributed by atoms with Crippen molar-refractivity contribution in [1.82, 2.24) is 4.90 Å². The van der Waals surface area contributed by atoms with Crippen molar-refractivity contribution in [3.63, 3.8) is 0 Å². The van der Waals surface area contributed by atoms with E-state index in [1.54, 1.807) is 0 Å². The zero-order valence-corrected chi connectivity index (χ0v) is 10.8. The van der Waals surface area contributed by atoms with Crippen molar-refractivity contribution in [2.24, 2.45) is 22.2 Å². The molecule has 0 aromatic rings. The van der Waals surface area contributed by atoms with E-state index < -0.39 is 5.41 Å². The highest BCUT2D eigenvalue weighted by Gasteiger charge is 2.47. The molecule has 18 heavy (non-hydrogen) atoms. The molecule has 1 unspecified atom stereocenters. The summed E-state index contributed by atoms with van der Waals surface area (Å²) in [6.45, 7) is 4.62. The molecule has 0 spiro atoms. The summed E-state index contributed by atoms with van der Waals surface area (Å²) < 4.78 is 5.29. The maximum Gasteiger partial charge on any atom is 0.236 e. The summed E-state index contributed by atoms with van der Waals surface area (Å²) in [7, 11) is 0. The smallest absolute Gasteiger partial charge is 0.236 e. The van der Waals surface area contributed by atoms with Gasteiger partial charge in [0.1, 0.15) is 5.41 Å². The molecule has 2 rings (SSSR count). The van der Waals surface area contributed by atoms with Crippen molar-refractivity contribution in [2.75, 3.05) is 26.3 Å². The van der Waals surface area contributed by atoms with Crippen molar-refractivity contribution in [1.29, 1.82) is 0 Å². The maximum absolute atomic E-state index is 12.7. The molecule has 0 aromatic heterocycles. The quantitative estimate of drug-likeness (QED) is 0.323. The van der Waals surface area contributed by atoms with E-state index in [0.717, 1.165) is 19.5 Å². The van der Waals surface area contributed by atoms with Crippen LogP contribution in [0.15, 0.2) is 5.16 Å². The van der Waals surface area contributed by atoms with Gasteiger partial charge in [0.25, 0.3) is 0 Å².